The molecule has 0 radical (unpaired) electrons. The Hall–Kier alpha value is -1.01. The summed E-state index contributed by atoms with van der Waals surface area (Å²) in [6, 6.07) is 5.41. The predicted molar refractivity (Wildman–Crippen MR) is 92.1 cm³/mol. The van der Waals surface area contributed by atoms with Crippen molar-refractivity contribution in [3.8, 4) is 5.75 Å². The number of ether oxygens (including phenoxy) is 1. The van der Waals surface area contributed by atoms with Crippen molar-refractivity contribution in [1.29, 1.82) is 0 Å². The van der Waals surface area contributed by atoms with Crippen molar-refractivity contribution in [2.75, 3.05) is 32.6 Å². The van der Waals surface area contributed by atoms with Crippen molar-refractivity contribution in [3.05, 3.63) is 23.2 Å². The maximum absolute atomic E-state index is 12.2. The van der Waals surface area contributed by atoms with Crippen LogP contribution in [0.3, 0.4) is 0 Å². The van der Waals surface area contributed by atoms with Gasteiger partial charge in [0.15, 0.2) is 0 Å². The number of amides is 1. The first kappa shape index (κ1) is 19.0. The summed E-state index contributed by atoms with van der Waals surface area (Å²) in [5.74, 6) is 1.12. The lowest BCUT2D eigenvalue weighted by Gasteiger charge is -2.26. The molecule has 1 aromatic carbocycles. The molecule has 1 fully saturated rings. The molecule has 1 saturated carbocycles. The number of carbonyl (C=O) groups is 1. The van der Waals surface area contributed by atoms with Crippen molar-refractivity contribution in [3.63, 3.8) is 0 Å². The lowest BCUT2D eigenvalue weighted by Crippen LogP contribution is -2.43. The minimum atomic E-state index is -0.0998. The molecule has 0 bridgehead atoms. The Labute approximate surface area is 142 Å². The maximum Gasteiger partial charge on any atom is 0.238 e. The molecule has 7 heteroatoms. The fourth-order valence-electron chi connectivity index (χ4n) is 2.52. The van der Waals surface area contributed by atoms with Gasteiger partial charge in [-0.05, 0) is 44.0 Å². The number of nitrogens with zero attached hydrogens (tertiary/aromatic N) is 1. The quantitative estimate of drug-likeness (QED) is 0.794. The molecule has 0 heterocycles. The SMILES string of the molecule is COc1ccc(Cl)cc1NC(=O)CN(C)C(CN)C1CC1.Cl. The van der Waals surface area contributed by atoms with Crippen LogP contribution >= 0.6 is 24.0 Å². The smallest absolute Gasteiger partial charge is 0.238 e. The van der Waals surface area contributed by atoms with E-state index in [2.05, 4.69) is 5.32 Å². The van der Waals surface area contributed by atoms with Crippen LogP contribution in [0.4, 0.5) is 5.69 Å². The highest BCUT2D eigenvalue weighted by Gasteiger charge is 2.33. The van der Waals surface area contributed by atoms with Crippen LogP contribution in [0.1, 0.15) is 12.8 Å². The summed E-state index contributed by atoms with van der Waals surface area (Å²) in [6.07, 6.45) is 2.41. The molecule has 0 saturated heterocycles. The van der Waals surface area contributed by atoms with Crippen LogP contribution in [-0.2, 0) is 4.79 Å². The summed E-state index contributed by atoms with van der Waals surface area (Å²) in [4.78, 5) is 14.2. The number of methoxy groups -OCH3 is 1. The Kier molecular flexibility index (Phi) is 7.42. The minimum absolute atomic E-state index is 0. The Bertz CT molecular complexity index is 510. The van der Waals surface area contributed by atoms with Crippen molar-refractivity contribution in [2.24, 2.45) is 11.7 Å². The number of hydrogen-bond acceptors (Lipinski definition) is 4. The zero-order chi connectivity index (χ0) is 15.4. The molecule has 0 aromatic heterocycles. The van der Waals surface area contributed by atoms with E-state index in [4.69, 9.17) is 22.1 Å². The normalized spacial score (nSPS) is 15.1. The van der Waals surface area contributed by atoms with Gasteiger partial charge in [-0.15, -0.1) is 12.4 Å². The fourth-order valence-corrected chi connectivity index (χ4v) is 2.70. The molecule has 1 unspecified atom stereocenters. The first-order valence-electron chi connectivity index (χ1n) is 7.09. The summed E-state index contributed by atoms with van der Waals surface area (Å²) in [5, 5.41) is 3.39. The molecule has 0 spiro atoms. The van der Waals surface area contributed by atoms with Crippen molar-refractivity contribution in [1.82, 2.24) is 4.90 Å². The average Bonchev–Trinajstić information content (AvgIpc) is 3.24. The van der Waals surface area contributed by atoms with Gasteiger partial charge in [-0.1, -0.05) is 11.6 Å². The average molecular weight is 348 g/mol. The molecule has 0 aliphatic heterocycles. The molecule has 124 valence electrons. The van der Waals surface area contributed by atoms with Crippen LogP contribution in [-0.4, -0.2) is 44.1 Å². The summed E-state index contributed by atoms with van der Waals surface area (Å²) >= 11 is 5.95. The van der Waals surface area contributed by atoms with Gasteiger partial charge in [0, 0.05) is 17.6 Å². The van der Waals surface area contributed by atoms with Gasteiger partial charge >= 0.3 is 0 Å². The van der Waals surface area contributed by atoms with E-state index in [1.165, 1.54) is 12.8 Å². The number of nitrogens with two attached hydrogens (primary N) is 1. The number of rotatable bonds is 7. The third kappa shape index (κ3) is 5.02. The van der Waals surface area contributed by atoms with Crippen molar-refractivity contribution in [2.45, 2.75) is 18.9 Å². The zero-order valence-corrected chi connectivity index (χ0v) is 14.4. The van der Waals surface area contributed by atoms with Crippen LogP contribution in [0.15, 0.2) is 18.2 Å². The summed E-state index contributed by atoms with van der Waals surface area (Å²) in [7, 11) is 3.49. The standard InChI is InChI=1S/C15H22ClN3O2.ClH/c1-19(13(8-17)10-3-4-10)9-15(20)18-12-7-11(16)5-6-14(12)21-2;/h5-7,10,13H,3-4,8-9,17H2,1-2H3,(H,18,20);1H. The number of halogens is 2. The van der Waals surface area contributed by atoms with Gasteiger partial charge in [0.2, 0.25) is 5.91 Å². The number of anilines is 1. The lowest BCUT2D eigenvalue weighted by atomic mass is 10.1. The van der Waals surface area contributed by atoms with Gasteiger partial charge in [0.25, 0.3) is 0 Å². The van der Waals surface area contributed by atoms with Crippen LogP contribution in [0.5, 0.6) is 5.75 Å². The Morgan fingerprint density at radius 2 is 2.23 bits per heavy atom. The fraction of sp³-hybridized carbons (Fsp3) is 0.533. The molecule has 22 heavy (non-hydrogen) atoms. The predicted octanol–water partition coefficient (Wildman–Crippen LogP) is 2.38. The third-order valence-corrected chi connectivity index (χ3v) is 4.04. The highest BCUT2D eigenvalue weighted by molar-refractivity contribution is 6.31. The van der Waals surface area contributed by atoms with Gasteiger partial charge < -0.3 is 15.8 Å². The first-order valence-corrected chi connectivity index (χ1v) is 7.46. The number of nitrogens with one attached hydrogen (secondary N) is 1. The second-order valence-corrected chi connectivity index (χ2v) is 5.88. The number of hydrogen-bond donors (Lipinski definition) is 2. The molecule has 5 nitrogen and oxygen atoms in total. The van der Waals surface area contributed by atoms with Crippen molar-refractivity contribution >= 4 is 35.6 Å². The van der Waals surface area contributed by atoms with E-state index in [1.54, 1.807) is 25.3 Å². The molecular weight excluding hydrogens is 325 g/mol. The van der Waals surface area contributed by atoms with Crippen LogP contribution in [0, 0.1) is 5.92 Å². The van der Waals surface area contributed by atoms with Gasteiger partial charge in [-0.3, -0.25) is 9.69 Å². The van der Waals surface area contributed by atoms with Crippen LogP contribution < -0.4 is 15.8 Å². The highest BCUT2D eigenvalue weighted by atomic mass is 35.5. The summed E-state index contributed by atoms with van der Waals surface area (Å²) in [5.41, 5.74) is 6.38. The van der Waals surface area contributed by atoms with E-state index in [1.807, 2.05) is 11.9 Å². The number of likely N-dealkylation sites (N-methyl/N-ethyl adjacent to an activating group) is 1. The molecule has 3 N–H and O–H groups in total. The van der Waals surface area contributed by atoms with E-state index < -0.39 is 0 Å². The number of carbonyl (C=O) groups excluding carboxylic acids is 1. The topological polar surface area (TPSA) is 67.6 Å². The van der Waals surface area contributed by atoms with E-state index >= 15 is 0 Å². The van der Waals surface area contributed by atoms with Crippen LogP contribution in [0.25, 0.3) is 0 Å². The van der Waals surface area contributed by atoms with E-state index in [0.717, 1.165) is 0 Å². The Balaban J connectivity index is 0.00000242. The lowest BCUT2D eigenvalue weighted by molar-refractivity contribution is -0.117. The third-order valence-electron chi connectivity index (χ3n) is 3.80. The van der Waals surface area contributed by atoms with Gasteiger partial charge in [0.05, 0.1) is 19.3 Å². The Morgan fingerprint density at radius 3 is 2.77 bits per heavy atom. The number of benzene rings is 1. The van der Waals surface area contributed by atoms with Gasteiger partial charge in [0.1, 0.15) is 5.75 Å². The van der Waals surface area contributed by atoms with Crippen LogP contribution in [0.2, 0.25) is 5.02 Å². The second kappa shape index (κ2) is 8.58. The molecule has 2 rings (SSSR count). The van der Waals surface area contributed by atoms with Crippen molar-refractivity contribution < 1.29 is 9.53 Å². The van der Waals surface area contributed by atoms with E-state index in [-0.39, 0.29) is 24.4 Å². The Morgan fingerprint density at radius 1 is 1.55 bits per heavy atom. The maximum atomic E-state index is 12.2. The van der Waals surface area contributed by atoms with Gasteiger partial charge in [-0.25, -0.2) is 0 Å². The second-order valence-electron chi connectivity index (χ2n) is 5.45. The molecule has 1 aliphatic rings. The summed E-state index contributed by atoms with van der Waals surface area (Å²) in [6.45, 7) is 0.878. The van der Waals surface area contributed by atoms with E-state index in [0.29, 0.717) is 35.5 Å². The monoisotopic (exact) mass is 347 g/mol. The zero-order valence-electron chi connectivity index (χ0n) is 12.8. The molecule has 1 aliphatic carbocycles. The molecule has 1 amide bonds. The largest absolute Gasteiger partial charge is 0.495 e. The first-order chi connectivity index (χ1) is 10.0. The molecule has 1 aromatic rings. The highest BCUT2D eigenvalue weighted by Crippen LogP contribution is 2.34. The van der Waals surface area contributed by atoms with Gasteiger partial charge in [-0.2, -0.15) is 0 Å². The van der Waals surface area contributed by atoms with E-state index in [9.17, 15) is 4.79 Å². The molecular formula is C15H23Cl2N3O2. The summed E-state index contributed by atoms with van der Waals surface area (Å²) < 4.78 is 5.22. The molecule has 1 atom stereocenters. The minimum Gasteiger partial charge on any atom is -0.495 e.